The molecule has 1 aliphatic rings. The molecule has 214 valence electrons. The number of aryl methyl sites for hydroxylation is 1. The fourth-order valence-electron chi connectivity index (χ4n) is 5.50. The van der Waals surface area contributed by atoms with Gasteiger partial charge in [-0.15, -0.1) is 11.3 Å². The molecule has 5 rings (SSSR count). The number of likely N-dealkylation sites (tertiary alicyclic amines) is 1. The van der Waals surface area contributed by atoms with Gasteiger partial charge >= 0.3 is 0 Å². The first kappa shape index (κ1) is 28.7. The van der Waals surface area contributed by atoms with Gasteiger partial charge in [0.25, 0.3) is 0 Å². The third-order valence-corrected chi connectivity index (χ3v) is 8.79. The maximum atomic E-state index is 14.0. The molecule has 1 aliphatic heterocycles. The number of thiazole rings is 1. The van der Waals surface area contributed by atoms with Gasteiger partial charge < -0.3 is 15.3 Å². The molecule has 2 aromatic carbocycles. The fourth-order valence-corrected chi connectivity index (χ4v) is 6.31. The average molecular weight is 572 g/mol. The van der Waals surface area contributed by atoms with Crippen LogP contribution in [-0.2, 0) is 9.59 Å². The minimum Gasteiger partial charge on any atom is -0.393 e. The van der Waals surface area contributed by atoms with E-state index in [4.69, 9.17) is 0 Å². The Morgan fingerprint density at radius 3 is 2.41 bits per heavy atom. The average Bonchev–Trinajstić information content (AvgIpc) is 3.63. The molecule has 8 nitrogen and oxygen atoms in total. The SMILES string of the molecule is Cc1ncsc1-c1ccc([C@H](C)NC(=O)[C@@H]2C[C@@H](O)CCN2C(=O)[C@H](C(C)C)n2cc(-c3ccccc3)cn2)cc1. The summed E-state index contributed by atoms with van der Waals surface area (Å²) in [5.74, 6) is -0.479. The van der Waals surface area contributed by atoms with Gasteiger partial charge in [0.15, 0.2) is 0 Å². The molecule has 0 radical (unpaired) electrons. The largest absolute Gasteiger partial charge is 0.393 e. The zero-order valence-corrected chi connectivity index (χ0v) is 24.7. The first-order valence-corrected chi connectivity index (χ1v) is 15.0. The molecule has 2 amide bonds. The van der Waals surface area contributed by atoms with Crippen molar-refractivity contribution in [3.05, 3.63) is 83.8 Å². The molecular weight excluding hydrogens is 534 g/mol. The van der Waals surface area contributed by atoms with Gasteiger partial charge in [0, 0.05) is 24.7 Å². The van der Waals surface area contributed by atoms with Gasteiger partial charge in [-0.05, 0) is 42.9 Å². The number of aliphatic hydroxyl groups is 1. The molecule has 41 heavy (non-hydrogen) atoms. The summed E-state index contributed by atoms with van der Waals surface area (Å²) in [5, 5.41) is 18.1. The van der Waals surface area contributed by atoms with Crippen LogP contribution in [0.1, 0.15) is 57.0 Å². The highest BCUT2D eigenvalue weighted by atomic mass is 32.1. The molecule has 1 fully saturated rings. The van der Waals surface area contributed by atoms with Gasteiger partial charge in [0.1, 0.15) is 12.1 Å². The molecule has 0 aliphatic carbocycles. The number of piperidine rings is 1. The van der Waals surface area contributed by atoms with E-state index in [-0.39, 0.29) is 30.2 Å². The smallest absolute Gasteiger partial charge is 0.248 e. The van der Waals surface area contributed by atoms with E-state index in [9.17, 15) is 14.7 Å². The summed E-state index contributed by atoms with van der Waals surface area (Å²) in [4.78, 5) is 34.8. The van der Waals surface area contributed by atoms with E-state index in [0.29, 0.717) is 13.0 Å². The highest BCUT2D eigenvalue weighted by Crippen LogP contribution is 2.30. The Morgan fingerprint density at radius 2 is 1.76 bits per heavy atom. The Hall–Kier alpha value is -3.82. The van der Waals surface area contributed by atoms with Gasteiger partial charge in [-0.25, -0.2) is 4.98 Å². The van der Waals surface area contributed by atoms with Crippen molar-refractivity contribution in [3.63, 3.8) is 0 Å². The van der Waals surface area contributed by atoms with Crippen LogP contribution in [0, 0.1) is 12.8 Å². The van der Waals surface area contributed by atoms with E-state index >= 15 is 0 Å². The number of nitrogens with zero attached hydrogens (tertiary/aromatic N) is 4. The number of aromatic nitrogens is 3. The van der Waals surface area contributed by atoms with Crippen molar-refractivity contribution in [2.24, 2.45) is 5.92 Å². The Labute approximate surface area is 245 Å². The third-order valence-electron chi connectivity index (χ3n) is 7.82. The van der Waals surface area contributed by atoms with Crippen LogP contribution >= 0.6 is 11.3 Å². The molecule has 1 saturated heterocycles. The number of hydrogen-bond donors (Lipinski definition) is 2. The number of carbonyl (C=O) groups is 2. The van der Waals surface area contributed by atoms with Crippen LogP contribution in [0.25, 0.3) is 21.6 Å². The number of benzene rings is 2. The van der Waals surface area contributed by atoms with E-state index in [1.165, 1.54) is 0 Å². The van der Waals surface area contributed by atoms with Crippen molar-refractivity contribution in [2.75, 3.05) is 6.54 Å². The molecule has 2 aromatic heterocycles. The van der Waals surface area contributed by atoms with Crippen molar-refractivity contribution >= 4 is 23.2 Å². The molecular formula is C32H37N5O3S. The van der Waals surface area contributed by atoms with Gasteiger partial charge in [0.05, 0.1) is 34.4 Å². The van der Waals surface area contributed by atoms with Crippen LogP contribution < -0.4 is 5.32 Å². The van der Waals surface area contributed by atoms with E-state index < -0.39 is 18.2 Å². The molecule has 4 aromatic rings. The summed E-state index contributed by atoms with van der Waals surface area (Å²) in [7, 11) is 0. The maximum Gasteiger partial charge on any atom is 0.248 e. The van der Waals surface area contributed by atoms with Gasteiger partial charge in [-0.2, -0.15) is 5.10 Å². The summed E-state index contributed by atoms with van der Waals surface area (Å²) in [6, 6.07) is 16.4. The monoisotopic (exact) mass is 571 g/mol. The molecule has 2 N–H and O–H groups in total. The first-order valence-electron chi connectivity index (χ1n) is 14.1. The molecule has 0 unspecified atom stereocenters. The molecule has 0 saturated carbocycles. The second-order valence-corrected chi connectivity index (χ2v) is 12.0. The Morgan fingerprint density at radius 1 is 1.02 bits per heavy atom. The number of amides is 2. The lowest BCUT2D eigenvalue weighted by atomic mass is 9.94. The zero-order valence-electron chi connectivity index (χ0n) is 23.9. The summed E-state index contributed by atoms with van der Waals surface area (Å²) in [6.45, 7) is 8.21. The number of carbonyl (C=O) groups excluding carboxylic acids is 2. The van der Waals surface area contributed by atoms with Crippen molar-refractivity contribution in [1.82, 2.24) is 25.0 Å². The van der Waals surface area contributed by atoms with Crippen LogP contribution in [0.4, 0.5) is 0 Å². The minimum atomic E-state index is -0.766. The maximum absolute atomic E-state index is 14.0. The summed E-state index contributed by atoms with van der Waals surface area (Å²) in [5.41, 5.74) is 6.84. The van der Waals surface area contributed by atoms with E-state index in [2.05, 4.69) is 15.4 Å². The normalized spacial score (nSPS) is 18.7. The molecule has 3 heterocycles. The van der Waals surface area contributed by atoms with Crippen LogP contribution in [0.3, 0.4) is 0 Å². The Bertz CT molecular complexity index is 1480. The quantitative estimate of drug-likeness (QED) is 0.295. The number of hydrogen-bond acceptors (Lipinski definition) is 6. The Kier molecular flexibility index (Phi) is 8.65. The topological polar surface area (TPSA) is 100 Å². The molecule has 0 spiro atoms. The van der Waals surface area contributed by atoms with E-state index in [0.717, 1.165) is 32.8 Å². The van der Waals surface area contributed by atoms with Crippen molar-refractivity contribution in [3.8, 4) is 21.6 Å². The van der Waals surface area contributed by atoms with E-state index in [1.54, 1.807) is 27.1 Å². The summed E-state index contributed by atoms with van der Waals surface area (Å²) in [6.07, 6.45) is 3.66. The summed E-state index contributed by atoms with van der Waals surface area (Å²) >= 11 is 1.60. The second-order valence-electron chi connectivity index (χ2n) is 11.1. The van der Waals surface area contributed by atoms with Crippen molar-refractivity contribution in [2.45, 2.75) is 64.8 Å². The third kappa shape index (κ3) is 6.26. The van der Waals surface area contributed by atoms with Crippen LogP contribution in [0.2, 0.25) is 0 Å². The lowest BCUT2D eigenvalue weighted by Crippen LogP contribution is -2.56. The highest BCUT2D eigenvalue weighted by Gasteiger charge is 2.40. The van der Waals surface area contributed by atoms with Gasteiger partial charge in [-0.3, -0.25) is 14.3 Å². The standard InChI is InChI=1S/C32H37N5O3S/c1-20(2)29(37-18-26(17-34-37)24-8-6-5-7-9-24)32(40)36-15-14-27(38)16-28(36)31(39)35-21(3)23-10-12-25(13-11-23)30-22(4)33-19-41-30/h5-13,17-21,27-29,38H,14-16H2,1-4H3,(H,35,39)/t21-,27-,28-,29-/m0/s1. The predicted octanol–water partition coefficient (Wildman–Crippen LogP) is 5.41. The first-order chi connectivity index (χ1) is 19.7. The van der Waals surface area contributed by atoms with Crippen molar-refractivity contribution in [1.29, 1.82) is 0 Å². The predicted molar refractivity (Wildman–Crippen MR) is 161 cm³/mol. The summed E-state index contributed by atoms with van der Waals surface area (Å²) < 4.78 is 1.71. The van der Waals surface area contributed by atoms with Gasteiger partial charge in [0.2, 0.25) is 11.8 Å². The van der Waals surface area contributed by atoms with E-state index in [1.807, 2.05) is 94.0 Å². The second kappa shape index (κ2) is 12.4. The lowest BCUT2D eigenvalue weighted by Gasteiger charge is -2.39. The fraction of sp³-hybridized carbons (Fsp3) is 0.375. The Balaban J connectivity index is 1.32. The lowest BCUT2D eigenvalue weighted by molar-refractivity contribution is -0.148. The van der Waals surface area contributed by atoms with Gasteiger partial charge in [-0.1, -0.05) is 68.4 Å². The highest BCUT2D eigenvalue weighted by molar-refractivity contribution is 7.13. The number of aliphatic hydroxyl groups excluding tert-OH is 1. The number of rotatable bonds is 8. The molecule has 0 bridgehead atoms. The molecule has 4 atom stereocenters. The van der Waals surface area contributed by atoms with Crippen molar-refractivity contribution < 1.29 is 14.7 Å². The minimum absolute atomic E-state index is 0.0544. The van der Waals surface area contributed by atoms with Crippen LogP contribution in [0.15, 0.2) is 72.5 Å². The zero-order chi connectivity index (χ0) is 29.1. The molecule has 9 heteroatoms. The van der Waals surface area contributed by atoms with Crippen LogP contribution in [-0.4, -0.2) is 55.3 Å². The van der Waals surface area contributed by atoms with Crippen LogP contribution in [0.5, 0.6) is 0 Å². The number of nitrogens with one attached hydrogen (secondary N) is 1.